The highest BCUT2D eigenvalue weighted by Crippen LogP contribution is 2.29. The van der Waals surface area contributed by atoms with Gasteiger partial charge in [-0.1, -0.05) is 23.2 Å². The molecule has 0 aromatic carbocycles. The minimum absolute atomic E-state index is 0.0712. The maximum Gasteiger partial charge on any atom is 0.255 e. The number of carbonyl (C=O) groups is 1. The van der Waals surface area contributed by atoms with Crippen LogP contribution in [0, 0.1) is 6.92 Å². The van der Waals surface area contributed by atoms with E-state index in [-0.39, 0.29) is 17.0 Å². The van der Waals surface area contributed by atoms with Crippen LogP contribution in [0.1, 0.15) is 40.4 Å². The molecule has 0 N–H and O–H groups in total. The Hall–Kier alpha value is -1.72. The second-order valence-corrected chi connectivity index (χ2v) is 6.54. The predicted octanol–water partition coefficient (Wildman–Crippen LogP) is 3.51. The Morgan fingerprint density at radius 3 is 2.87 bits per heavy atom. The Kier molecular flexibility index (Phi) is 4.78. The van der Waals surface area contributed by atoms with Gasteiger partial charge in [0.05, 0.1) is 16.8 Å². The molecule has 0 bridgehead atoms. The SMILES string of the molecule is Cc1cc(Cl)cnc1C1CCCN(C(=O)c2cnnc(Cl)c2)C1. The number of carbonyl (C=O) groups excluding carboxylic acids is 1. The first kappa shape index (κ1) is 16.1. The lowest BCUT2D eigenvalue weighted by atomic mass is 9.91. The summed E-state index contributed by atoms with van der Waals surface area (Å²) in [5.74, 6) is 0.147. The van der Waals surface area contributed by atoms with E-state index >= 15 is 0 Å². The molecule has 0 radical (unpaired) electrons. The van der Waals surface area contributed by atoms with E-state index in [0.29, 0.717) is 17.1 Å². The molecule has 1 atom stereocenters. The van der Waals surface area contributed by atoms with Gasteiger partial charge in [0.15, 0.2) is 5.15 Å². The summed E-state index contributed by atoms with van der Waals surface area (Å²) in [4.78, 5) is 18.9. The third-order valence-electron chi connectivity index (χ3n) is 4.05. The highest BCUT2D eigenvalue weighted by atomic mass is 35.5. The minimum atomic E-state index is -0.0712. The molecule has 0 spiro atoms. The van der Waals surface area contributed by atoms with Crippen molar-refractivity contribution in [1.82, 2.24) is 20.1 Å². The van der Waals surface area contributed by atoms with E-state index in [1.165, 1.54) is 6.20 Å². The molecular formula is C16H16Cl2N4O. The maximum absolute atomic E-state index is 12.6. The van der Waals surface area contributed by atoms with Gasteiger partial charge in [0.1, 0.15) is 0 Å². The van der Waals surface area contributed by atoms with E-state index < -0.39 is 0 Å². The molecule has 1 fully saturated rings. The van der Waals surface area contributed by atoms with Crippen molar-refractivity contribution in [2.24, 2.45) is 0 Å². The predicted molar refractivity (Wildman–Crippen MR) is 88.9 cm³/mol. The van der Waals surface area contributed by atoms with Gasteiger partial charge in [0.2, 0.25) is 0 Å². The van der Waals surface area contributed by atoms with Crippen molar-refractivity contribution in [1.29, 1.82) is 0 Å². The average molecular weight is 351 g/mol. The summed E-state index contributed by atoms with van der Waals surface area (Å²) < 4.78 is 0. The Morgan fingerprint density at radius 1 is 1.30 bits per heavy atom. The third kappa shape index (κ3) is 3.62. The smallest absolute Gasteiger partial charge is 0.255 e. The van der Waals surface area contributed by atoms with Gasteiger partial charge in [-0.05, 0) is 37.5 Å². The first-order chi connectivity index (χ1) is 11.0. The summed E-state index contributed by atoms with van der Waals surface area (Å²) in [5.41, 5.74) is 2.54. The van der Waals surface area contributed by atoms with Crippen LogP contribution in [0.2, 0.25) is 10.2 Å². The van der Waals surface area contributed by atoms with Crippen molar-refractivity contribution in [2.45, 2.75) is 25.7 Å². The van der Waals surface area contributed by atoms with Gasteiger partial charge >= 0.3 is 0 Å². The normalized spacial score (nSPS) is 18.0. The zero-order valence-electron chi connectivity index (χ0n) is 12.7. The van der Waals surface area contributed by atoms with Crippen molar-refractivity contribution in [3.05, 3.63) is 51.5 Å². The Balaban J connectivity index is 1.79. The summed E-state index contributed by atoms with van der Waals surface area (Å²) in [7, 11) is 0. The number of aryl methyl sites for hydroxylation is 1. The molecule has 3 rings (SSSR count). The molecule has 7 heteroatoms. The summed E-state index contributed by atoms with van der Waals surface area (Å²) >= 11 is 11.8. The Bertz CT molecular complexity index is 738. The summed E-state index contributed by atoms with van der Waals surface area (Å²) in [5, 5.41) is 8.27. The van der Waals surface area contributed by atoms with Gasteiger partial charge in [0.25, 0.3) is 5.91 Å². The van der Waals surface area contributed by atoms with Crippen LogP contribution in [0.25, 0.3) is 0 Å². The van der Waals surface area contributed by atoms with Gasteiger partial charge in [-0.2, -0.15) is 5.10 Å². The van der Waals surface area contributed by atoms with Crippen LogP contribution in [-0.4, -0.2) is 39.1 Å². The first-order valence-corrected chi connectivity index (χ1v) is 8.19. The number of likely N-dealkylation sites (tertiary alicyclic amines) is 1. The van der Waals surface area contributed by atoms with Gasteiger partial charge in [-0.15, -0.1) is 5.10 Å². The fraction of sp³-hybridized carbons (Fsp3) is 0.375. The number of amides is 1. The fourth-order valence-electron chi connectivity index (χ4n) is 3.00. The maximum atomic E-state index is 12.6. The third-order valence-corrected chi connectivity index (χ3v) is 4.44. The van der Waals surface area contributed by atoms with Crippen LogP contribution < -0.4 is 0 Å². The number of piperidine rings is 1. The number of pyridine rings is 1. The van der Waals surface area contributed by atoms with E-state index in [9.17, 15) is 4.79 Å². The van der Waals surface area contributed by atoms with Crippen molar-refractivity contribution in [3.63, 3.8) is 0 Å². The van der Waals surface area contributed by atoms with Crippen LogP contribution in [0.15, 0.2) is 24.5 Å². The molecule has 3 heterocycles. The molecule has 0 aliphatic carbocycles. The molecule has 2 aromatic heterocycles. The van der Waals surface area contributed by atoms with E-state index in [2.05, 4.69) is 15.2 Å². The largest absolute Gasteiger partial charge is 0.338 e. The van der Waals surface area contributed by atoms with Crippen LogP contribution in [0.5, 0.6) is 0 Å². The van der Waals surface area contributed by atoms with E-state index in [1.54, 1.807) is 12.3 Å². The minimum Gasteiger partial charge on any atom is -0.338 e. The topological polar surface area (TPSA) is 59.0 Å². The highest BCUT2D eigenvalue weighted by molar-refractivity contribution is 6.30. The summed E-state index contributed by atoms with van der Waals surface area (Å²) in [6, 6.07) is 3.46. The summed E-state index contributed by atoms with van der Waals surface area (Å²) in [6.45, 7) is 3.36. The van der Waals surface area contributed by atoms with Crippen molar-refractivity contribution >= 4 is 29.1 Å². The lowest BCUT2D eigenvalue weighted by molar-refractivity contribution is 0.0705. The first-order valence-electron chi connectivity index (χ1n) is 7.44. The number of nitrogens with zero attached hydrogens (tertiary/aromatic N) is 4. The van der Waals surface area contributed by atoms with E-state index in [0.717, 1.165) is 30.6 Å². The van der Waals surface area contributed by atoms with E-state index in [1.807, 2.05) is 17.9 Å². The highest BCUT2D eigenvalue weighted by Gasteiger charge is 2.27. The molecule has 5 nitrogen and oxygen atoms in total. The molecular weight excluding hydrogens is 335 g/mol. The monoisotopic (exact) mass is 350 g/mol. The molecule has 1 aliphatic heterocycles. The van der Waals surface area contributed by atoms with Crippen LogP contribution in [-0.2, 0) is 0 Å². The number of hydrogen-bond donors (Lipinski definition) is 0. The second-order valence-electron chi connectivity index (χ2n) is 5.71. The van der Waals surface area contributed by atoms with Gasteiger partial charge in [-0.25, -0.2) is 0 Å². The fourth-order valence-corrected chi connectivity index (χ4v) is 3.38. The Morgan fingerprint density at radius 2 is 2.13 bits per heavy atom. The lowest BCUT2D eigenvalue weighted by Crippen LogP contribution is -2.39. The van der Waals surface area contributed by atoms with Crippen molar-refractivity contribution in [3.8, 4) is 0 Å². The van der Waals surface area contributed by atoms with Gasteiger partial charge in [-0.3, -0.25) is 9.78 Å². The van der Waals surface area contributed by atoms with Crippen molar-refractivity contribution < 1.29 is 4.79 Å². The zero-order valence-corrected chi connectivity index (χ0v) is 14.2. The average Bonchev–Trinajstić information content (AvgIpc) is 2.54. The van der Waals surface area contributed by atoms with Crippen molar-refractivity contribution in [2.75, 3.05) is 13.1 Å². The quantitative estimate of drug-likeness (QED) is 0.831. The molecule has 2 aromatic rings. The number of aromatic nitrogens is 3. The second kappa shape index (κ2) is 6.81. The zero-order chi connectivity index (χ0) is 16.4. The molecule has 1 unspecified atom stereocenters. The standard InChI is InChI=1S/C16H16Cl2N4O/c1-10-5-13(17)8-19-15(10)11-3-2-4-22(9-11)16(23)12-6-14(18)21-20-7-12/h5-8,11H,2-4,9H2,1H3. The molecule has 0 saturated carbocycles. The number of hydrogen-bond acceptors (Lipinski definition) is 4. The molecule has 1 aliphatic rings. The Labute approximate surface area is 144 Å². The summed E-state index contributed by atoms with van der Waals surface area (Å²) in [6.07, 6.45) is 5.06. The van der Waals surface area contributed by atoms with Crippen LogP contribution >= 0.6 is 23.2 Å². The molecule has 1 saturated heterocycles. The van der Waals surface area contributed by atoms with Gasteiger partial charge < -0.3 is 4.90 Å². The van der Waals surface area contributed by atoms with Crippen LogP contribution in [0.4, 0.5) is 0 Å². The molecule has 23 heavy (non-hydrogen) atoms. The number of rotatable bonds is 2. The van der Waals surface area contributed by atoms with Gasteiger partial charge in [0, 0.05) is 30.9 Å². The van der Waals surface area contributed by atoms with Crippen LogP contribution in [0.3, 0.4) is 0 Å². The number of halogens is 2. The molecule has 1 amide bonds. The lowest BCUT2D eigenvalue weighted by Gasteiger charge is -2.33. The molecule has 120 valence electrons. The van der Waals surface area contributed by atoms with E-state index in [4.69, 9.17) is 23.2 Å².